The molecular formula is C16H16N2O4. The van der Waals surface area contributed by atoms with Gasteiger partial charge in [-0.3, -0.25) is 5.32 Å². The zero-order valence-corrected chi connectivity index (χ0v) is 11.9. The van der Waals surface area contributed by atoms with Crippen LogP contribution in [-0.4, -0.2) is 28.3 Å². The van der Waals surface area contributed by atoms with Crippen LogP contribution in [-0.2, 0) is 11.3 Å². The highest BCUT2D eigenvalue weighted by Gasteiger charge is 2.14. The Morgan fingerprint density at radius 2 is 2.05 bits per heavy atom. The third-order valence-electron chi connectivity index (χ3n) is 2.89. The number of hydrogen-bond donors (Lipinski definition) is 2. The molecule has 0 aliphatic heterocycles. The Hall–Kier alpha value is -3.02. The highest BCUT2D eigenvalue weighted by molar-refractivity contribution is 5.90. The van der Waals surface area contributed by atoms with E-state index < -0.39 is 12.1 Å². The molecule has 0 radical (unpaired) electrons. The molecule has 2 aromatic rings. The van der Waals surface area contributed by atoms with Crippen LogP contribution >= 0.6 is 0 Å². The molecule has 0 unspecified atom stereocenters. The first-order valence-corrected chi connectivity index (χ1v) is 6.62. The summed E-state index contributed by atoms with van der Waals surface area (Å²) in [5.41, 5.74) is 1.41. The van der Waals surface area contributed by atoms with Crippen molar-refractivity contribution in [3.8, 4) is 0 Å². The van der Waals surface area contributed by atoms with Crippen LogP contribution < -0.4 is 5.32 Å². The number of carboxylic acids is 1. The number of nitrogens with one attached hydrogen (secondary N) is 1. The van der Waals surface area contributed by atoms with E-state index in [1.54, 1.807) is 10.8 Å². The first-order chi connectivity index (χ1) is 10.6. The topological polar surface area (TPSA) is 80.6 Å². The van der Waals surface area contributed by atoms with Gasteiger partial charge in [-0.05, 0) is 11.6 Å². The number of amides is 1. The lowest BCUT2D eigenvalue weighted by molar-refractivity contribution is 0.0685. The number of anilines is 1. The number of rotatable bonds is 6. The Morgan fingerprint density at radius 1 is 1.32 bits per heavy atom. The number of ether oxygens (including phenoxy) is 1. The van der Waals surface area contributed by atoms with Crippen LogP contribution in [0.1, 0.15) is 16.1 Å². The number of aromatic carboxylic acids is 1. The summed E-state index contributed by atoms with van der Waals surface area (Å²) in [7, 11) is 0. The van der Waals surface area contributed by atoms with E-state index in [1.807, 2.05) is 30.3 Å². The zero-order valence-electron chi connectivity index (χ0n) is 11.9. The summed E-state index contributed by atoms with van der Waals surface area (Å²) < 4.78 is 6.35. The van der Waals surface area contributed by atoms with Gasteiger partial charge in [0, 0.05) is 12.7 Å². The van der Waals surface area contributed by atoms with Crippen molar-refractivity contribution in [2.24, 2.45) is 0 Å². The number of benzene rings is 1. The smallest absolute Gasteiger partial charge is 0.411 e. The van der Waals surface area contributed by atoms with Gasteiger partial charge < -0.3 is 14.4 Å². The molecule has 1 amide bonds. The van der Waals surface area contributed by atoms with Gasteiger partial charge in [-0.15, -0.1) is 0 Å². The summed E-state index contributed by atoms with van der Waals surface area (Å²) >= 11 is 0. The standard InChI is InChI=1S/C16H16N2O4/c1-2-8-22-16(21)17-13-9-14(15(19)20)18(11-13)10-12-6-4-3-5-7-12/h2-7,9,11H,1,8,10H2,(H,17,21)(H,19,20). The second kappa shape index (κ2) is 7.12. The second-order valence-corrected chi connectivity index (χ2v) is 4.54. The van der Waals surface area contributed by atoms with Gasteiger partial charge in [0.2, 0.25) is 0 Å². The number of hydrogen-bond acceptors (Lipinski definition) is 3. The van der Waals surface area contributed by atoms with Crippen LogP contribution in [0.25, 0.3) is 0 Å². The SMILES string of the molecule is C=CCOC(=O)Nc1cc(C(=O)O)n(Cc2ccccc2)c1. The van der Waals surface area contributed by atoms with E-state index in [2.05, 4.69) is 11.9 Å². The lowest BCUT2D eigenvalue weighted by Gasteiger charge is -2.06. The number of aromatic nitrogens is 1. The van der Waals surface area contributed by atoms with Crippen molar-refractivity contribution in [1.82, 2.24) is 4.57 Å². The van der Waals surface area contributed by atoms with Gasteiger partial charge in [-0.1, -0.05) is 43.0 Å². The predicted molar refractivity (Wildman–Crippen MR) is 82.1 cm³/mol. The third-order valence-corrected chi connectivity index (χ3v) is 2.89. The summed E-state index contributed by atoms with van der Waals surface area (Å²) in [5, 5.41) is 11.7. The van der Waals surface area contributed by atoms with Crippen LogP contribution in [0.15, 0.2) is 55.3 Å². The predicted octanol–water partition coefficient (Wildman–Crippen LogP) is 2.97. The molecule has 0 saturated heterocycles. The molecule has 6 nitrogen and oxygen atoms in total. The van der Waals surface area contributed by atoms with E-state index in [0.717, 1.165) is 5.56 Å². The van der Waals surface area contributed by atoms with Crippen molar-refractivity contribution in [1.29, 1.82) is 0 Å². The van der Waals surface area contributed by atoms with Crippen LogP contribution in [0.2, 0.25) is 0 Å². The number of carbonyl (C=O) groups is 2. The fourth-order valence-corrected chi connectivity index (χ4v) is 1.96. The molecule has 1 heterocycles. The minimum Gasteiger partial charge on any atom is -0.477 e. The molecule has 22 heavy (non-hydrogen) atoms. The molecule has 2 rings (SSSR count). The summed E-state index contributed by atoms with van der Waals surface area (Å²) in [6, 6.07) is 10.8. The maximum absolute atomic E-state index is 11.5. The van der Waals surface area contributed by atoms with Crippen molar-refractivity contribution in [2.75, 3.05) is 11.9 Å². The lowest BCUT2D eigenvalue weighted by Crippen LogP contribution is -2.13. The van der Waals surface area contributed by atoms with Gasteiger partial charge in [0.15, 0.2) is 0 Å². The summed E-state index contributed by atoms with van der Waals surface area (Å²) in [5.74, 6) is -1.07. The van der Waals surface area contributed by atoms with E-state index in [4.69, 9.17) is 4.74 Å². The Kier molecular flexibility index (Phi) is 4.98. The van der Waals surface area contributed by atoms with E-state index >= 15 is 0 Å². The van der Waals surface area contributed by atoms with Crippen molar-refractivity contribution in [2.45, 2.75) is 6.54 Å². The Bertz CT molecular complexity index is 677. The van der Waals surface area contributed by atoms with Crippen molar-refractivity contribution >= 4 is 17.7 Å². The molecule has 0 atom stereocenters. The van der Waals surface area contributed by atoms with Crippen LogP contribution in [0.5, 0.6) is 0 Å². The van der Waals surface area contributed by atoms with E-state index in [0.29, 0.717) is 12.2 Å². The molecule has 0 bridgehead atoms. The highest BCUT2D eigenvalue weighted by atomic mass is 16.5. The minimum absolute atomic E-state index is 0.0857. The largest absolute Gasteiger partial charge is 0.477 e. The Morgan fingerprint density at radius 3 is 2.68 bits per heavy atom. The molecule has 1 aromatic heterocycles. The van der Waals surface area contributed by atoms with E-state index in [-0.39, 0.29) is 12.3 Å². The van der Waals surface area contributed by atoms with Gasteiger partial charge in [-0.2, -0.15) is 0 Å². The lowest BCUT2D eigenvalue weighted by atomic mass is 10.2. The van der Waals surface area contributed by atoms with E-state index in [1.165, 1.54) is 12.1 Å². The molecule has 1 aromatic carbocycles. The van der Waals surface area contributed by atoms with Crippen LogP contribution in [0.4, 0.5) is 10.5 Å². The molecule has 0 aliphatic carbocycles. The second-order valence-electron chi connectivity index (χ2n) is 4.54. The summed E-state index contributed by atoms with van der Waals surface area (Å²) in [6.07, 6.45) is 2.35. The summed E-state index contributed by atoms with van der Waals surface area (Å²) in [4.78, 5) is 22.8. The Balaban J connectivity index is 2.17. The van der Waals surface area contributed by atoms with Crippen LogP contribution in [0.3, 0.4) is 0 Å². The first kappa shape index (κ1) is 15.4. The average molecular weight is 300 g/mol. The molecule has 0 fully saturated rings. The number of nitrogens with zero attached hydrogens (tertiary/aromatic N) is 1. The third kappa shape index (κ3) is 3.99. The molecule has 0 spiro atoms. The first-order valence-electron chi connectivity index (χ1n) is 6.62. The highest BCUT2D eigenvalue weighted by Crippen LogP contribution is 2.16. The average Bonchev–Trinajstić information content (AvgIpc) is 2.89. The normalized spacial score (nSPS) is 10.0. The number of carboxylic acid groups (broad SMARTS) is 1. The summed E-state index contributed by atoms with van der Waals surface area (Å²) in [6.45, 7) is 3.92. The van der Waals surface area contributed by atoms with Crippen molar-refractivity contribution in [3.63, 3.8) is 0 Å². The fourth-order valence-electron chi connectivity index (χ4n) is 1.96. The molecule has 0 saturated carbocycles. The fraction of sp³-hybridized carbons (Fsp3) is 0.125. The van der Waals surface area contributed by atoms with Crippen molar-refractivity contribution in [3.05, 3.63) is 66.5 Å². The van der Waals surface area contributed by atoms with Gasteiger partial charge in [0.05, 0.1) is 5.69 Å². The van der Waals surface area contributed by atoms with Crippen molar-refractivity contribution < 1.29 is 19.4 Å². The van der Waals surface area contributed by atoms with Gasteiger partial charge in [0.1, 0.15) is 12.3 Å². The molecule has 114 valence electrons. The van der Waals surface area contributed by atoms with Crippen LogP contribution in [0, 0.1) is 0 Å². The van der Waals surface area contributed by atoms with E-state index in [9.17, 15) is 14.7 Å². The van der Waals surface area contributed by atoms with Gasteiger partial charge >= 0.3 is 12.1 Å². The molecule has 2 N–H and O–H groups in total. The monoisotopic (exact) mass is 300 g/mol. The maximum atomic E-state index is 11.5. The molecule has 6 heteroatoms. The van der Waals surface area contributed by atoms with Gasteiger partial charge in [-0.25, -0.2) is 9.59 Å². The molecular weight excluding hydrogens is 284 g/mol. The minimum atomic E-state index is -1.07. The zero-order chi connectivity index (χ0) is 15.9. The molecule has 0 aliphatic rings. The maximum Gasteiger partial charge on any atom is 0.411 e. The number of carbonyl (C=O) groups excluding carboxylic acids is 1. The quantitative estimate of drug-likeness (QED) is 0.804. The van der Waals surface area contributed by atoms with Gasteiger partial charge in [0.25, 0.3) is 0 Å². The Labute approximate surface area is 127 Å².